The second kappa shape index (κ2) is 6.37. The Morgan fingerprint density at radius 1 is 1.27 bits per heavy atom. The van der Waals surface area contributed by atoms with E-state index in [9.17, 15) is 9.59 Å². The van der Waals surface area contributed by atoms with Gasteiger partial charge < -0.3 is 4.74 Å². The number of hydrogen-bond acceptors (Lipinski definition) is 4. The van der Waals surface area contributed by atoms with Crippen molar-refractivity contribution < 1.29 is 14.3 Å². The van der Waals surface area contributed by atoms with E-state index in [1.54, 1.807) is 0 Å². The number of carbonyl (C=O) groups is 2. The predicted octanol–water partition coefficient (Wildman–Crippen LogP) is 0.481. The molecule has 0 saturated heterocycles. The molecule has 64 valence electrons. The highest BCUT2D eigenvalue weighted by atomic mass is 32.1. The third-order valence-electron chi connectivity index (χ3n) is 1.16. The summed E-state index contributed by atoms with van der Waals surface area (Å²) in [6.45, 7) is 0.0971. The number of ether oxygens (including phenoxy) is 1. The average Bonchev–Trinajstić information content (AvgIpc) is 2.01. The van der Waals surface area contributed by atoms with Gasteiger partial charge >= 0.3 is 0 Å². The van der Waals surface area contributed by atoms with Gasteiger partial charge in [-0.25, -0.2) is 0 Å². The Bertz CT molecular complexity index is 145. The van der Waals surface area contributed by atoms with Gasteiger partial charge in [0, 0.05) is 25.7 Å². The Hall–Kier alpha value is -0.350. The van der Waals surface area contributed by atoms with Crippen LogP contribution in [0.2, 0.25) is 0 Å². The highest BCUT2D eigenvalue weighted by molar-refractivity contribution is 7.81. The van der Waals surface area contributed by atoms with Crippen LogP contribution in [0.15, 0.2) is 0 Å². The lowest BCUT2D eigenvalue weighted by atomic mass is 10.2. The van der Waals surface area contributed by atoms with Gasteiger partial charge in [-0.3, -0.25) is 9.59 Å². The van der Waals surface area contributed by atoms with E-state index in [4.69, 9.17) is 0 Å². The van der Waals surface area contributed by atoms with Crippen LogP contribution < -0.4 is 0 Å². The molecule has 0 unspecified atom stereocenters. The summed E-state index contributed by atoms with van der Waals surface area (Å²) < 4.78 is 4.59. The van der Waals surface area contributed by atoms with Crippen molar-refractivity contribution >= 4 is 24.2 Å². The molecule has 0 fully saturated rings. The lowest BCUT2D eigenvalue weighted by Crippen LogP contribution is -2.09. The lowest BCUT2D eigenvalue weighted by Gasteiger charge is -1.96. The zero-order chi connectivity index (χ0) is 8.69. The third-order valence-corrected chi connectivity index (χ3v) is 1.52. The van der Waals surface area contributed by atoms with Crippen LogP contribution in [0.25, 0.3) is 0 Å². The molecule has 0 atom stereocenters. The van der Waals surface area contributed by atoms with Crippen LogP contribution in [-0.4, -0.2) is 31.0 Å². The van der Waals surface area contributed by atoms with Gasteiger partial charge in [0.05, 0.1) is 0 Å². The Morgan fingerprint density at radius 3 is 2.27 bits per heavy atom. The zero-order valence-electron chi connectivity index (χ0n) is 6.50. The molecule has 0 N–H and O–H groups in total. The predicted molar refractivity (Wildman–Crippen MR) is 45.0 cm³/mol. The van der Waals surface area contributed by atoms with E-state index in [0.29, 0.717) is 0 Å². The van der Waals surface area contributed by atoms with Crippen LogP contribution in [0.1, 0.15) is 12.8 Å². The van der Waals surface area contributed by atoms with Gasteiger partial charge in [-0.05, 0) is 0 Å². The van der Waals surface area contributed by atoms with E-state index in [1.165, 1.54) is 7.11 Å². The van der Waals surface area contributed by atoms with E-state index in [1.807, 2.05) is 0 Å². The molecule has 0 saturated carbocycles. The van der Waals surface area contributed by atoms with Gasteiger partial charge in [0.25, 0.3) is 0 Å². The molecule has 0 heterocycles. The monoisotopic (exact) mass is 176 g/mol. The van der Waals surface area contributed by atoms with Gasteiger partial charge in [0.1, 0.15) is 12.4 Å². The molecule has 0 bridgehead atoms. The van der Waals surface area contributed by atoms with Crippen molar-refractivity contribution in [2.75, 3.05) is 19.5 Å². The Balaban J connectivity index is 3.38. The molecule has 0 aromatic carbocycles. The minimum Gasteiger partial charge on any atom is -0.377 e. The standard InChI is InChI=1S/C7H12O3S/c1-10-4-6(8)2-3-7(9)5-11/h11H,2-5H2,1H3. The molecule has 0 aromatic rings. The number of Topliss-reactive ketones (excluding diaryl/α,β-unsaturated/α-hetero) is 2. The van der Waals surface area contributed by atoms with Crippen LogP contribution in [0.3, 0.4) is 0 Å². The maximum atomic E-state index is 10.8. The van der Waals surface area contributed by atoms with Gasteiger partial charge in [-0.2, -0.15) is 12.6 Å². The minimum absolute atomic E-state index is 0.00205. The molecule has 11 heavy (non-hydrogen) atoms. The first kappa shape index (κ1) is 10.7. The maximum Gasteiger partial charge on any atom is 0.158 e. The lowest BCUT2D eigenvalue weighted by molar-refractivity contribution is -0.125. The van der Waals surface area contributed by atoms with Crippen molar-refractivity contribution in [2.24, 2.45) is 0 Å². The summed E-state index contributed by atoms with van der Waals surface area (Å²) in [5.41, 5.74) is 0. The second-order valence-electron chi connectivity index (χ2n) is 2.17. The van der Waals surface area contributed by atoms with Crippen molar-refractivity contribution in [1.82, 2.24) is 0 Å². The molecule has 0 rings (SSSR count). The summed E-state index contributed by atoms with van der Waals surface area (Å²) in [5, 5.41) is 0. The van der Waals surface area contributed by atoms with E-state index in [-0.39, 0.29) is 36.8 Å². The molecule has 0 aliphatic carbocycles. The van der Waals surface area contributed by atoms with Crippen molar-refractivity contribution in [3.63, 3.8) is 0 Å². The van der Waals surface area contributed by atoms with Gasteiger partial charge in [0.15, 0.2) is 5.78 Å². The van der Waals surface area contributed by atoms with Crippen LogP contribution in [0.5, 0.6) is 0 Å². The van der Waals surface area contributed by atoms with Crippen LogP contribution in [-0.2, 0) is 14.3 Å². The fourth-order valence-corrected chi connectivity index (χ4v) is 0.749. The number of ketones is 2. The number of rotatable bonds is 6. The van der Waals surface area contributed by atoms with E-state index in [0.717, 1.165) is 0 Å². The van der Waals surface area contributed by atoms with Crippen molar-refractivity contribution in [3.05, 3.63) is 0 Å². The topological polar surface area (TPSA) is 43.4 Å². The summed E-state index contributed by atoms with van der Waals surface area (Å²) >= 11 is 3.78. The highest BCUT2D eigenvalue weighted by Gasteiger charge is 2.04. The number of hydrogen-bond donors (Lipinski definition) is 1. The average molecular weight is 176 g/mol. The van der Waals surface area contributed by atoms with Crippen LogP contribution >= 0.6 is 12.6 Å². The maximum absolute atomic E-state index is 10.8. The number of thiol groups is 1. The fourth-order valence-electron chi connectivity index (χ4n) is 0.591. The molecular weight excluding hydrogens is 164 g/mol. The number of methoxy groups -OCH3 is 1. The first-order chi connectivity index (χ1) is 5.20. The molecular formula is C7H12O3S. The Kier molecular flexibility index (Phi) is 6.16. The quantitative estimate of drug-likeness (QED) is 0.599. The summed E-state index contributed by atoms with van der Waals surface area (Å²) in [6, 6.07) is 0. The van der Waals surface area contributed by atoms with Gasteiger partial charge in [0.2, 0.25) is 0 Å². The van der Waals surface area contributed by atoms with Crippen LogP contribution in [0.4, 0.5) is 0 Å². The molecule has 0 aromatic heterocycles. The highest BCUT2D eigenvalue weighted by Crippen LogP contribution is 1.94. The first-order valence-corrected chi connectivity index (χ1v) is 3.97. The normalized spacial score (nSPS) is 9.64. The zero-order valence-corrected chi connectivity index (χ0v) is 7.39. The first-order valence-electron chi connectivity index (χ1n) is 3.34. The van der Waals surface area contributed by atoms with Crippen molar-refractivity contribution in [2.45, 2.75) is 12.8 Å². The molecule has 0 spiro atoms. The Labute approximate surface area is 71.5 Å². The molecule has 0 amide bonds. The van der Waals surface area contributed by atoms with Gasteiger partial charge in [-0.1, -0.05) is 0 Å². The third kappa shape index (κ3) is 6.06. The summed E-state index contributed by atoms with van der Waals surface area (Å²) in [4.78, 5) is 21.4. The number of carbonyl (C=O) groups excluding carboxylic acids is 2. The van der Waals surface area contributed by atoms with Gasteiger partial charge in [-0.15, -0.1) is 0 Å². The molecule has 0 aliphatic heterocycles. The second-order valence-corrected chi connectivity index (χ2v) is 2.48. The fraction of sp³-hybridized carbons (Fsp3) is 0.714. The Morgan fingerprint density at radius 2 is 1.82 bits per heavy atom. The van der Waals surface area contributed by atoms with Crippen molar-refractivity contribution in [3.8, 4) is 0 Å². The van der Waals surface area contributed by atoms with E-state index >= 15 is 0 Å². The van der Waals surface area contributed by atoms with E-state index in [2.05, 4.69) is 17.4 Å². The minimum atomic E-state index is -0.0392. The molecule has 3 nitrogen and oxygen atoms in total. The van der Waals surface area contributed by atoms with Crippen LogP contribution in [0, 0.1) is 0 Å². The molecule has 0 aliphatic rings. The summed E-state index contributed by atoms with van der Waals surface area (Å²) in [5.74, 6) is 0.167. The largest absolute Gasteiger partial charge is 0.377 e. The molecule has 4 heteroatoms. The summed E-state index contributed by atoms with van der Waals surface area (Å²) in [6.07, 6.45) is 0.554. The van der Waals surface area contributed by atoms with E-state index < -0.39 is 0 Å². The van der Waals surface area contributed by atoms with Crippen molar-refractivity contribution in [1.29, 1.82) is 0 Å². The summed E-state index contributed by atoms with van der Waals surface area (Å²) in [7, 11) is 1.46. The molecule has 0 radical (unpaired) electrons. The smallest absolute Gasteiger partial charge is 0.158 e. The SMILES string of the molecule is COCC(=O)CCC(=O)CS.